The Kier molecular flexibility index (Phi) is 32.4. The van der Waals surface area contributed by atoms with Gasteiger partial charge in [-0.1, -0.05) is 66.7 Å². The Balaban J connectivity index is 0.000000204. The molecule has 12 rings (SSSR count). The van der Waals surface area contributed by atoms with Crippen molar-refractivity contribution in [1.29, 1.82) is 0 Å². The third-order valence-electron chi connectivity index (χ3n) is 15.5. The molecule has 8 aromatic carbocycles. The number of nitrogen functional groups attached to an aromatic ring is 1. The number of hydrogen-bond acceptors (Lipinski definition) is 15. The van der Waals surface area contributed by atoms with Crippen LogP contribution in [0.25, 0.3) is 39.4 Å². The number of carbonyl (C=O) groups excluding carboxylic acids is 4. The van der Waals surface area contributed by atoms with Crippen LogP contribution in [0.4, 0.5) is 44.7 Å². The van der Waals surface area contributed by atoms with Gasteiger partial charge >= 0.3 is 24.1 Å². The van der Waals surface area contributed by atoms with E-state index in [1.807, 2.05) is 66.1 Å². The molecule has 21 nitrogen and oxygen atoms in total. The molecule has 31 heteroatoms. The number of rotatable bonds is 20. The summed E-state index contributed by atoms with van der Waals surface area (Å²) in [5, 5.41) is 39.6. The lowest BCUT2D eigenvalue weighted by Gasteiger charge is -2.22. The number of hydrazine groups is 1. The Morgan fingerprint density at radius 1 is 0.545 bits per heavy atom. The summed E-state index contributed by atoms with van der Waals surface area (Å²) in [5.41, 5.74) is 7.21. The van der Waals surface area contributed by atoms with Gasteiger partial charge < -0.3 is 44.1 Å². The number of carboxylic acids is 2. The zero-order valence-corrected chi connectivity index (χ0v) is 62.5. The van der Waals surface area contributed by atoms with E-state index in [0.29, 0.717) is 56.8 Å². The highest BCUT2D eigenvalue weighted by Crippen LogP contribution is 2.33. The minimum absolute atomic E-state index is 0.00343. The van der Waals surface area contributed by atoms with Crippen molar-refractivity contribution >= 4 is 75.5 Å². The second kappa shape index (κ2) is 41.6. The third kappa shape index (κ3) is 29.1. The van der Waals surface area contributed by atoms with Crippen LogP contribution in [0.3, 0.4) is 0 Å². The molecule has 0 fully saturated rings. The molecule has 11 aromatic rings. The molecule has 0 saturated heterocycles. The van der Waals surface area contributed by atoms with Crippen molar-refractivity contribution in [1.82, 2.24) is 41.4 Å². The summed E-state index contributed by atoms with van der Waals surface area (Å²) in [6.07, 6.45) is 2.53. The monoisotopic (exact) mass is 1590 g/mol. The Hall–Kier alpha value is -12.1. The number of carboxylic acid groups (broad SMARTS) is 2. The number of halogens is 10. The standard InChI is InChI=1S/C27H20F3N3O2.C21H21F2N3O3.C14H17F2NO4.C11H9FO2.C7H8N2O.CH2Cl2/c28-20-6-7-25-24(14-20)19(15-31-25)12-23(34)11-18(8-16-9-21(29)13-22(30)10-16)27-33-32-26(35-27)17-4-2-1-3-5-17;1-21(2,3)29-20(27)24-17(11-13-9-15(22)12-16(23)10-13)19-26-25-18(28-19)14-7-5-4-6-8-14;1-14(2,3)21-13(20)17-11(12(18)19)6-8-4-9(15)7-10(16)5-8;12-9-4-3-7-1-2-8(5-11(13)14)10(7)6-9;8-9-7(10)6-4-2-1-3-5-6;2-1-3/h1-7,9-10,13-15,18,31H,8,11-12H2;4-10,12,17H,11H2,1-3H3,(H,24,27);4-5,7,11H,6H2,1-3H3,(H,17,20)(H,18,19);2-4,6H,1,5H2,(H,13,14);1-5H,8H2,(H,9,10);1H2/t18-;17-;11-;;;/m100.../s1. The predicted molar refractivity (Wildman–Crippen MR) is 402 cm³/mol. The molecule has 0 unspecified atom stereocenters. The number of ketones is 1. The number of nitrogens with one attached hydrogen (secondary N) is 4. The number of alkyl halides is 2. The van der Waals surface area contributed by atoms with Crippen LogP contribution in [-0.2, 0) is 56.0 Å². The van der Waals surface area contributed by atoms with Gasteiger partial charge in [0.1, 0.15) is 75.6 Å². The average molecular weight is 1590 g/mol. The van der Waals surface area contributed by atoms with Crippen LogP contribution in [0.1, 0.15) is 122 Å². The second-order valence-corrected chi connectivity index (χ2v) is 27.5. The lowest BCUT2D eigenvalue weighted by atomic mass is 9.92. The van der Waals surface area contributed by atoms with E-state index in [1.54, 1.807) is 96.3 Å². The van der Waals surface area contributed by atoms with E-state index in [0.717, 1.165) is 40.9 Å². The molecule has 3 heterocycles. The van der Waals surface area contributed by atoms with Crippen molar-refractivity contribution in [2.45, 2.75) is 116 Å². The SMILES string of the molecule is CC(C)(C)OC(=O)N[C@@H](Cc1cc(F)cc(F)c1)C(=O)O.CC(C)(C)OC(=O)N[C@@H](Cc1cc(F)cc(F)c1)c1nnc(-c2ccccc2)o1.ClCCl.NNC(=O)c1ccccc1.O=C(Cc1c[nH]c2ccc(F)cc12)C[C@@H](Cc1cc(F)cc(F)c1)c1nnc(-c2ccccc2)o1.O=C(O)CC1=CCc2ccc(F)cc21. The maximum absolute atomic E-state index is 13.8. The largest absolute Gasteiger partial charge is 0.481 e. The van der Waals surface area contributed by atoms with Crippen LogP contribution >= 0.6 is 23.2 Å². The first kappa shape index (κ1) is 87.1. The zero-order valence-electron chi connectivity index (χ0n) is 61.0. The molecular weight excluding hydrogens is 1510 g/mol. The summed E-state index contributed by atoms with van der Waals surface area (Å²) >= 11 is 9.53. The van der Waals surface area contributed by atoms with E-state index in [-0.39, 0.29) is 90.5 Å². The van der Waals surface area contributed by atoms with Crippen LogP contribution in [0.5, 0.6) is 0 Å². The fourth-order valence-corrected chi connectivity index (χ4v) is 10.9. The normalized spacial score (nSPS) is 12.1. The van der Waals surface area contributed by atoms with Crippen LogP contribution in [0.15, 0.2) is 203 Å². The van der Waals surface area contributed by atoms with Gasteiger partial charge in [-0.15, -0.1) is 43.6 Å². The lowest BCUT2D eigenvalue weighted by molar-refractivity contribution is -0.139. The number of nitrogens with two attached hydrogens (primary N) is 1. The predicted octanol–water partition coefficient (Wildman–Crippen LogP) is 17.4. The minimum Gasteiger partial charge on any atom is -0.481 e. The van der Waals surface area contributed by atoms with E-state index in [1.165, 1.54) is 48.5 Å². The Labute approximate surface area is 647 Å². The number of ether oxygens (including phenoxy) is 2. The average Bonchev–Trinajstić information content (AvgIpc) is 1.68. The van der Waals surface area contributed by atoms with Gasteiger partial charge in [-0.25, -0.2) is 55.3 Å². The molecule has 1 aliphatic rings. The molecule has 1 aliphatic carbocycles. The van der Waals surface area contributed by atoms with Crippen molar-refractivity contribution in [2.75, 3.05) is 5.34 Å². The molecule has 0 radical (unpaired) electrons. The molecule has 588 valence electrons. The highest BCUT2D eigenvalue weighted by molar-refractivity contribution is 6.40. The summed E-state index contributed by atoms with van der Waals surface area (Å²) in [6, 6.07) is 42.8. The van der Waals surface area contributed by atoms with E-state index in [4.69, 9.17) is 57.6 Å². The summed E-state index contributed by atoms with van der Waals surface area (Å²) < 4.78 is 129. The number of amides is 3. The first-order valence-electron chi connectivity index (χ1n) is 34.1. The number of hydrogen-bond donors (Lipinski definition) is 7. The van der Waals surface area contributed by atoms with Crippen LogP contribution in [0.2, 0.25) is 0 Å². The lowest BCUT2D eigenvalue weighted by Crippen LogP contribution is -2.44. The second-order valence-electron chi connectivity index (χ2n) is 26.7. The van der Waals surface area contributed by atoms with Gasteiger partial charge in [0, 0.05) is 83.6 Å². The number of aromatic amines is 1. The third-order valence-corrected chi connectivity index (χ3v) is 15.5. The van der Waals surface area contributed by atoms with Crippen LogP contribution in [0, 0.1) is 46.5 Å². The highest BCUT2D eigenvalue weighted by atomic mass is 35.5. The van der Waals surface area contributed by atoms with Crippen LogP contribution < -0.4 is 21.9 Å². The Morgan fingerprint density at radius 2 is 1.00 bits per heavy atom. The van der Waals surface area contributed by atoms with Crippen molar-refractivity contribution < 1.29 is 92.4 Å². The van der Waals surface area contributed by atoms with Crippen molar-refractivity contribution in [3.05, 3.63) is 292 Å². The fourth-order valence-electron chi connectivity index (χ4n) is 10.9. The number of allylic oxidation sites excluding steroid dienone is 1. The van der Waals surface area contributed by atoms with Gasteiger partial charge in [0.05, 0.1) is 11.8 Å². The van der Waals surface area contributed by atoms with Gasteiger partial charge in [0.2, 0.25) is 23.6 Å². The molecule has 0 saturated carbocycles. The molecule has 8 N–H and O–H groups in total. The highest BCUT2D eigenvalue weighted by Gasteiger charge is 2.29. The number of H-pyrrole nitrogens is 1. The van der Waals surface area contributed by atoms with Gasteiger partial charge in [0.25, 0.3) is 5.91 Å². The smallest absolute Gasteiger partial charge is 0.408 e. The Morgan fingerprint density at radius 3 is 1.49 bits per heavy atom. The summed E-state index contributed by atoms with van der Waals surface area (Å²) in [7, 11) is 0. The fraction of sp³-hybridized carbons (Fsp3) is 0.235. The Bertz CT molecular complexity index is 4960. The minimum atomic E-state index is -1.35. The van der Waals surface area contributed by atoms with Crippen molar-refractivity contribution in [2.24, 2.45) is 5.84 Å². The molecule has 112 heavy (non-hydrogen) atoms. The molecule has 3 aromatic heterocycles. The van der Waals surface area contributed by atoms with Gasteiger partial charge in [-0.2, -0.15) is 0 Å². The maximum atomic E-state index is 13.8. The molecule has 0 spiro atoms. The zero-order chi connectivity index (χ0) is 81.8. The number of carbonyl (C=O) groups is 6. The molecule has 0 bridgehead atoms. The summed E-state index contributed by atoms with van der Waals surface area (Å²) in [6.45, 7) is 10.1. The van der Waals surface area contributed by atoms with E-state index in [9.17, 15) is 63.9 Å². The molecule has 3 atom stereocenters. The van der Waals surface area contributed by atoms with E-state index >= 15 is 0 Å². The number of alkyl carbamates (subject to hydrolysis) is 2. The van der Waals surface area contributed by atoms with Crippen molar-refractivity contribution in [3.63, 3.8) is 0 Å². The number of Topliss-reactive ketones (excluding diaryl/α,β-unsaturated/α-hetero) is 1. The van der Waals surface area contributed by atoms with Gasteiger partial charge in [-0.3, -0.25) is 19.8 Å². The van der Waals surface area contributed by atoms with Crippen molar-refractivity contribution in [3.8, 4) is 22.9 Å². The number of aliphatic carboxylic acids is 2. The summed E-state index contributed by atoms with van der Waals surface area (Å²) in [5.74, 6) is -2.66. The van der Waals surface area contributed by atoms with E-state index in [2.05, 4.69) is 36.0 Å². The molecule has 3 amide bonds. The van der Waals surface area contributed by atoms with E-state index < -0.39 is 94.0 Å². The number of benzene rings is 8. The molecule has 0 aliphatic heterocycles. The number of nitrogens with zero attached hydrogens (tertiary/aromatic N) is 4. The first-order valence-corrected chi connectivity index (χ1v) is 35.2. The first-order chi connectivity index (χ1) is 53.1. The molecular formula is C81H77Cl2F8N9O12. The van der Waals surface area contributed by atoms with Gasteiger partial charge in [-0.05, 0) is 196 Å². The topological polar surface area (TPSA) is 317 Å². The summed E-state index contributed by atoms with van der Waals surface area (Å²) in [4.78, 5) is 72.3. The maximum Gasteiger partial charge on any atom is 0.408 e. The number of aromatic nitrogens is 5. The van der Waals surface area contributed by atoms with Crippen LogP contribution in [-0.4, -0.2) is 94.0 Å². The quantitative estimate of drug-likeness (QED) is 0.0123. The number of fused-ring (bicyclic) bond motifs is 2. The van der Waals surface area contributed by atoms with Gasteiger partial charge in [0.15, 0.2) is 0 Å².